The molecule has 0 spiro atoms. The van der Waals surface area contributed by atoms with E-state index in [2.05, 4.69) is 10.3 Å². The molecule has 25 heavy (non-hydrogen) atoms. The number of thiazole rings is 1. The molecule has 1 aromatic carbocycles. The van der Waals surface area contributed by atoms with E-state index in [0.29, 0.717) is 16.6 Å². The lowest BCUT2D eigenvalue weighted by molar-refractivity contribution is -0.113. The molecule has 0 aliphatic carbocycles. The Balaban J connectivity index is 1.59. The fourth-order valence-electron chi connectivity index (χ4n) is 2.57. The van der Waals surface area contributed by atoms with Crippen LogP contribution >= 0.6 is 34.7 Å². The first-order valence-electron chi connectivity index (χ1n) is 7.68. The predicted molar refractivity (Wildman–Crippen MR) is 105 cm³/mol. The van der Waals surface area contributed by atoms with Crippen LogP contribution in [0.2, 0.25) is 5.02 Å². The molecule has 1 aliphatic heterocycles. The highest BCUT2D eigenvalue weighted by molar-refractivity contribution is 8.02. The number of hydrogen-bond acceptors (Lipinski definition) is 6. The molecule has 1 N–H and O–H groups in total. The van der Waals surface area contributed by atoms with Gasteiger partial charge in [-0.3, -0.25) is 4.79 Å². The molecule has 1 amide bonds. The molecule has 1 fully saturated rings. The van der Waals surface area contributed by atoms with Crippen LogP contribution in [0.3, 0.4) is 0 Å². The summed E-state index contributed by atoms with van der Waals surface area (Å²) < 4.78 is 22.9. The summed E-state index contributed by atoms with van der Waals surface area (Å²) in [6.07, 6.45) is 0.622. The highest BCUT2D eigenvalue weighted by atomic mass is 35.5. The third-order valence-electron chi connectivity index (χ3n) is 3.80. The fraction of sp³-hybridized carbons (Fsp3) is 0.375. The lowest BCUT2D eigenvalue weighted by atomic mass is 10.1. The van der Waals surface area contributed by atoms with Gasteiger partial charge < -0.3 is 5.32 Å². The van der Waals surface area contributed by atoms with Crippen molar-refractivity contribution in [2.75, 3.05) is 22.6 Å². The van der Waals surface area contributed by atoms with Gasteiger partial charge in [0.05, 0.1) is 23.0 Å². The summed E-state index contributed by atoms with van der Waals surface area (Å²) in [4.78, 5) is 17.6. The standard InChI is InChI=1S/C16H17ClN2O3S3/c1-10-15(11-2-4-12(17)5-3-11)19-16(24-10)18-14(20)8-23-13-6-7-25(21,22)9-13/h2-5,13H,6-9H2,1H3,(H,18,19,20). The van der Waals surface area contributed by atoms with Crippen LogP contribution < -0.4 is 5.32 Å². The number of aryl methyl sites for hydroxylation is 1. The van der Waals surface area contributed by atoms with Crippen LogP contribution in [0.15, 0.2) is 24.3 Å². The molecule has 0 saturated carbocycles. The summed E-state index contributed by atoms with van der Waals surface area (Å²) in [5.74, 6) is 0.463. The summed E-state index contributed by atoms with van der Waals surface area (Å²) in [6.45, 7) is 1.95. The number of sulfone groups is 1. The minimum Gasteiger partial charge on any atom is -0.301 e. The third kappa shape index (κ3) is 4.97. The molecule has 2 heterocycles. The molecule has 9 heteroatoms. The molecule has 5 nitrogen and oxygen atoms in total. The molecule has 1 unspecified atom stereocenters. The second kappa shape index (κ2) is 7.65. The van der Waals surface area contributed by atoms with Crippen molar-refractivity contribution < 1.29 is 13.2 Å². The van der Waals surface area contributed by atoms with E-state index in [1.165, 1.54) is 23.1 Å². The molecule has 0 bridgehead atoms. The maximum atomic E-state index is 12.1. The summed E-state index contributed by atoms with van der Waals surface area (Å²) in [5, 5.41) is 4.02. The minimum atomic E-state index is -2.91. The Hall–Kier alpha value is -1.09. The quantitative estimate of drug-likeness (QED) is 0.805. The first kappa shape index (κ1) is 18.7. The van der Waals surface area contributed by atoms with E-state index in [1.807, 2.05) is 19.1 Å². The van der Waals surface area contributed by atoms with Crippen molar-refractivity contribution in [3.8, 4) is 11.3 Å². The number of aromatic nitrogens is 1. The molecule has 1 atom stereocenters. The molecule has 1 aliphatic rings. The van der Waals surface area contributed by atoms with Crippen LogP contribution in [0.25, 0.3) is 11.3 Å². The molecular weight excluding hydrogens is 400 g/mol. The molecular formula is C16H17ClN2O3S3. The normalized spacial score (nSPS) is 19.0. The monoisotopic (exact) mass is 416 g/mol. The van der Waals surface area contributed by atoms with Crippen LogP contribution in [0.1, 0.15) is 11.3 Å². The van der Waals surface area contributed by atoms with Crippen molar-refractivity contribution in [1.29, 1.82) is 0 Å². The van der Waals surface area contributed by atoms with Crippen LogP contribution in [0.4, 0.5) is 5.13 Å². The Morgan fingerprint density at radius 1 is 1.40 bits per heavy atom. The van der Waals surface area contributed by atoms with Crippen molar-refractivity contribution >= 4 is 55.6 Å². The van der Waals surface area contributed by atoms with Crippen LogP contribution in [0.5, 0.6) is 0 Å². The molecule has 2 aromatic rings. The van der Waals surface area contributed by atoms with E-state index in [0.717, 1.165) is 16.1 Å². The highest BCUT2D eigenvalue weighted by Gasteiger charge is 2.28. The number of nitrogens with one attached hydrogen (secondary N) is 1. The number of thioether (sulfide) groups is 1. The molecule has 1 aromatic heterocycles. The summed E-state index contributed by atoms with van der Waals surface area (Å²) >= 11 is 8.72. The highest BCUT2D eigenvalue weighted by Crippen LogP contribution is 2.31. The van der Waals surface area contributed by atoms with Crippen molar-refractivity contribution in [1.82, 2.24) is 4.98 Å². The molecule has 134 valence electrons. The first-order chi connectivity index (χ1) is 11.8. The minimum absolute atomic E-state index is 0.0124. The lowest BCUT2D eigenvalue weighted by Crippen LogP contribution is -2.17. The summed E-state index contributed by atoms with van der Waals surface area (Å²) in [7, 11) is -2.91. The Morgan fingerprint density at radius 2 is 2.12 bits per heavy atom. The Labute approximate surface area is 160 Å². The van der Waals surface area contributed by atoms with Crippen molar-refractivity contribution in [3.63, 3.8) is 0 Å². The Kier molecular flexibility index (Phi) is 5.72. The average Bonchev–Trinajstić information content (AvgIpc) is 3.08. The number of hydrogen-bond donors (Lipinski definition) is 1. The van der Waals surface area contributed by atoms with Gasteiger partial charge in [-0.1, -0.05) is 23.7 Å². The number of anilines is 1. The second-order valence-corrected chi connectivity index (χ2v) is 11.0. The van der Waals surface area contributed by atoms with Crippen molar-refractivity contribution in [2.24, 2.45) is 0 Å². The van der Waals surface area contributed by atoms with Crippen molar-refractivity contribution in [3.05, 3.63) is 34.2 Å². The number of benzene rings is 1. The third-order valence-corrected chi connectivity index (χ3v) is 8.22. The number of amides is 1. The van der Waals surface area contributed by atoms with Crippen molar-refractivity contribution in [2.45, 2.75) is 18.6 Å². The lowest BCUT2D eigenvalue weighted by Gasteiger charge is -2.06. The van der Waals surface area contributed by atoms with E-state index in [1.54, 1.807) is 12.1 Å². The number of carbonyl (C=O) groups excluding carboxylic acids is 1. The first-order valence-corrected chi connectivity index (χ1v) is 11.7. The molecule has 1 saturated heterocycles. The van der Waals surface area contributed by atoms with Crippen LogP contribution in [-0.2, 0) is 14.6 Å². The molecule has 0 radical (unpaired) electrons. The largest absolute Gasteiger partial charge is 0.301 e. The van der Waals surface area contributed by atoms with Gasteiger partial charge in [0.25, 0.3) is 0 Å². The number of carbonyl (C=O) groups is 1. The van der Waals surface area contributed by atoms with Crippen LogP contribution in [0, 0.1) is 6.92 Å². The number of rotatable bonds is 5. The Morgan fingerprint density at radius 3 is 2.76 bits per heavy atom. The SMILES string of the molecule is Cc1sc(NC(=O)CSC2CCS(=O)(=O)C2)nc1-c1ccc(Cl)cc1. The smallest absolute Gasteiger partial charge is 0.236 e. The van der Waals surface area contributed by atoms with E-state index >= 15 is 0 Å². The topological polar surface area (TPSA) is 76.1 Å². The van der Waals surface area contributed by atoms with Gasteiger partial charge in [-0.15, -0.1) is 23.1 Å². The zero-order valence-electron chi connectivity index (χ0n) is 13.5. The Bertz CT molecular complexity index is 879. The van der Waals surface area contributed by atoms with Gasteiger partial charge in [0.1, 0.15) is 0 Å². The maximum Gasteiger partial charge on any atom is 0.236 e. The van der Waals surface area contributed by atoms with Gasteiger partial charge in [0, 0.05) is 20.7 Å². The van der Waals surface area contributed by atoms with Gasteiger partial charge in [-0.2, -0.15) is 0 Å². The zero-order valence-corrected chi connectivity index (χ0v) is 16.7. The average molecular weight is 417 g/mol. The van der Waals surface area contributed by atoms with Gasteiger partial charge in [-0.25, -0.2) is 13.4 Å². The number of halogens is 1. The summed E-state index contributed by atoms with van der Waals surface area (Å²) in [6, 6.07) is 7.40. The van der Waals surface area contributed by atoms with Gasteiger partial charge in [0.15, 0.2) is 15.0 Å². The number of nitrogens with zero attached hydrogens (tertiary/aromatic N) is 1. The van der Waals surface area contributed by atoms with Gasteiger partial charge in [-0.05, 0) is 25.5 Å². The second-order valence-electron chi connectivity index (χ2n) is 5.81. The zero-order chi connectivity index (χ0) is 18.0. The van der Waals surface area contributed by atoms with Gasteiger partial charge in [0.2, 0.25) is 5.91 Å². The molecule has 3 rings (SSSR count). The summed E-state index contributed by atoms with van der Waals surface area (Å²) in [5.41, 5.74) is 1.77. The van der Waals surface area contributed by atoms with Gasteiger partial charge >= 0.3 is 0 Å². The fourth-order valence-corrected chi connectivity index (χ4v) is 6.99. The maximum absolute atomic E-state index is 12.1. The van der Waals surface area contributed by atoms with E-state index < -0.39 is 9.84 Å². The van der Waals surface area contributed by atoms with Crippen LogP contribution in [-0.4, -0.2) is 41.8 Å². The van der Waals surface area contributed by atoms with E-state index in [9.17, 15) is 13.2 Å². The van der Waals surface area contributed by atoms with E-state index in [4.69, 9.17) is 11.6 Å². The predicted octanol–water partition coefficient (Wildman–Crippen LogP) is 3.63. The van der Waals surface area contributed by atoms with E-state index in [-0.39, 0.29) is 28.4 Å².